The zero-order valence-electron chi connectivity index (χ0n) is 12.1. The number of benzene rings is 1. The van der Waals surface area contributed by atoms with E-state index in [9.17, 15) is 0 Å². The van der Waals surface area contributed by atoms with Crippen LogP contribution in [0.3, 0.4) is 0 Å². The summed E-state index contributed by atoms with van der Waals surface area (Å²) in [6, 6.07) is 8.82. The van der Waals surface area contributed by atoms with E-state index >= 15 is 0 Å². The second-order valence-corrected chi connectivity index (χ2v) is 5.50. The molecule has 1 heterocycles. The van der Waals surface area contributed by atoms with Crippen molar-refractivity contribution >= 4 is 5.69 Å². The predicted octanol–water partition coefficient (Wildman–Crippen LogP) is 4.50. The lowest BCUT2D eigenvalue weighted by molar-refractivity contribution is 0.521. The van der Waals surface area contributed by atoms with Gasteiger partial charge in [-0.05, 0) is 31.4 Å². The summed E-state index contributed by atoms with van der Waals surface area (Å²) in [6.45, 7) is 8.56. The van der Waals surface area contributed by atoms with Crippen LogP contribution >= 0.6 is 0 Å². The van der Waals surface area contributed by atoms with Gasteiger partial charge in [0.2, 0.25) is 0 Å². The van der Waals surface area contributed by atoms with Crippen molar-refractivity contribution in [3.8, 4) is 11.3 Å². The second kappa shape index (κ2) is 5.91. The molecule has 0 amide bonds. The quantitative estimate of drug-likeness (QED) is 0.858. The van der Waals surface area contributed by atoms with Gasteiger partial charge in [0.25, 0.3) is 0 Å². The summed E-state index contributed by atoms with van der Waals surface area (Å²) in [4.78, 5) is 4.32. The van der Waals surface area contributed by atoms with E-state index < -0.39 is 0 Å². The first-order valence-electron chi connectivity index (χ1n) is 6.83. The predicted molar refractivity (Wildman–Crippen MR) is 79.2 cm³/mol. The highest BCUT2D eigenvalue weighted by Crippen LogP contribution is 2.21. The number of rotatable bonds is 5. The molecule has 0 radical (unpaired) electrons. The molecule has 3 nitrogen and oxygen atoms in total. The fraction of sp³-hybridized carbons (Fsp3) is 0.438. The fourth-order valence-corrected chi connectivity index (χ4v) is 2.28. The monoisotopic (exact) mass is 258 g/mol. The molecule has 1 unspecified atom stereocenters. The molecule has 3 heteroatoms. The number of hydrogen-bond acceptors (Lipinski definition) is 3. The smallest absolute Gasteiger partial charge is 0.191 e. The molecule has 2 aromatic rings. The molecule has 0 aliphatic rings. The number of aryl methyl sites for hydroxylation is 1. The first-order chi connectivity index (χ1) is 9.04. The van der Waals surface area contributed by atoms with Gasteiger partial charge in [0.05, 0.1) is 0 Å². The van der Waals surface area contributed by atoms with Gasteiger partial charge >= 0.3 is 0 Å². The van der Waals surface area contributed by atoms with Crippen LogP contribution in [0, 0.1) is 12.8 Å². The second-order valence-electron chi connectivity index (χ2n) is 5.50. The van der Waals surface area contributed by atoms with Gasteiger partial charge in [-0.25, -0.2) is 4.98 Å². The van der Waals surface area contributed by atoms with E-state index in [0.29, 0.717) is 17.9 Å². The average Bonchev–Trinajstić information content (AvgIpc) is 2.75. The molecule has 1 N–H and O–H groups in total. The minimum absolute atomic E-state index is 0.486. The van der Waals surface area contributed by atoms with Crippen molar-refractivity contribution in [2.75, 3.05) is 5.32 Å². The van der Waals surface area contributed by atoms with E-state index in [1.807, 2.05) is 6.92 Å². The van der Waals surface area contributed by atoms with Gasteiger partial charge in [-0.1, -0.05) is 26.0 Å². The largest absolute Gasteiger partial charge is 0.449 e. The zero-order chi connectivity index (χ0) is 13.8. The molecule has 19 heavy (non-hydrogen) atoms. The lowest BCUT2D eigenvalue weighted by Crippen LogP contribution is -2.17. The van der Waals surface area contributed by atoms with Crippen LogP contribution in [0.4, 0.5) is 5.69 Å². The highest BCUT2D eigenvalue weighted by molar-refractivity contribution is 5.61. The summed E-state index contributed by atoms with van der Waals surface area (Å²) in [7, 11) is 0. The van der Waals surface area contributed by atoms with Crippen LogP contribution in [-0.2, 0) is 0 Å². The van der Waals surface area contributed by atoms with E-state index in [1.54, 1.807) is 6.26 Å². The van der Waals surface area contributed by atoms with Crippen molar-refractivity contribution in [1.82, 2.24) is 4.98 Å². The van der Waals surface area contributed by atoms with Crippen LogP contribution in [-0.4, -0.2) is 11.0 Å². The standard InChI is InChI=1S/C16H22N2O/c1-11(2)9-12(3)17-15-7-5-14(6-8-15)16-10-19-13(4)18-16/h5-8,10-12,17H,9H2,1-4H3. The summed E-state index contributed by atoms with van der Waals surface area (Å²) < 4.78 is 5.23. The number of oxazole rings is 1. The van der Waals surface area contributed by atoms with Crippen LogP contribution in [0.25, 0.3) is 11.3 Å². The molecule has 0 saturated heterocycles. The van der Waals surface area contributed by atoms with Crippen LogP contribution < -0.4 is 5.32 Å². The van der Waals surface area contributed by atoms with Gasteiger partial charge in [-0.15, -0.1) is 0 Å². The van der Waals surface area contributed by atoms with Crippen molar-refractivity contribution in [1.29, 1.82) is 0 Å². The zero-order valence-corrected chi connectivity index (χ0v) is 12.1. The molecule has 0 spiro atoms. The molecule has 0 fully saturated rings. The van der Waals surface area contributed by atoms with Crippen molar-refractivity contribution in [2.24, 2.45) is 5.92 Å². The Hall–Kier alpha value is -1.77. The minimum atomic E-state index is 0.486. The lowest BCUT2D eigenvalue weighted by atomic mass is 10.0. The maximum atomic E-state index is 5.23. The minimum Gasteiger partial charge on any atom is -0.449 e. The Labute approximate surface area is 115 Å². The van der Waals surface area contributed by atoms with Gasteiger partial charge < -0.3 is 9.73 Å². The van der Waals surface area contributed by atoms with Crippen LogP contribution in [0.2, 0.25) is 0 Å². The summed E-state index contributed by atoms with van der Waals surface area (Å²) in [6.07, 6.45) is 2.86. The van der Waals surface area contributed by atoms with E-state index in [0.717, 1.165) is 16.9 Å². The van der Waals surface area contributed by atoms with Crippen molar-refractivity contribution in [3.63, 3.8) is 0 Å². The Morgan fingerprint density at radius 2 is 1.84 bits per heavy atom. The third-order valence-electron chi connectivity index (χ3n) is 3.04. The Bertz CT molecular complexity index is 514. The number of hydrogen-bond donors (Lipinski definition) is 1. The van der Waals surface area contributed by atoms with Crippen molar-refractivity contribution in [2.45, 2.75) is 40.2 Å². The Morgan fingerprint density at radius 1 is 1.16 bits per heavy atom. The Kier molecular flexibility index (Phi) is 4.25. The van der Waals surface area contributed by atoms with Gasteiger partial charge in [-0.3, -0.25) is 0 Å². The van der Waals surface area contributed by atoms with E-state index in [-0.39, 0.29) is 0 Å². The molecule has 0 saturated carbocycles. The highest BCUT2D eigenvalue weighted by Gasteiger charge is 2.06. The average molecular weight is 258 g/mol. The fourth-order valence-electron chi connectivity index (χ4n) is 2.28. The molecule has 102 valence electrons. The highest BCUT2D eigenvalue weighted by atomic mass is 16.3. The Morgan fingerprint density at radius 3 is 2.37 bits per heavy atom. The molecular weight excluding hydrogens is 236 g/mol. The summed E-state index contributed by atoms with van der Waals surface area (Å²) >= 11 is 0. The maximum absolute atomic E-state index is 5.23. The molecule has 1 aromatic heterocycles. The van der Waals surface area contributed by atoms with Crippen molar-refractivity contribution < 1.29 is 4.42 Å². The van der Waals surface area contributed by atoms with E-state index in [4.69, 9.17) is 4.42 Å². The molecule has 0 aliphatic heterocycles. The third kappa shape index (κ3) is 3.85. The SMILES string of the molecule is Cc1nc(-c2ccc(NC(C)CC(C)C)cc2)co1. The normalized spacial score (nSPS) is 12.7. The number of anilines is 1. The molecule has 0 bridgehead atoms. The number of nitrogens with one attached hydrogen (secondary N) is 1. The number of aromatic nitrogens is 1. The van der Waals surface area contributed by atoms with Crippen molar-refractivity contribution in [3.05, 3.63) is 36.4 Å². The Balaban J connectivity index is 2.02. The first-order valence-corrected chi connectivity index (χ1v) is 6.83. The summed E-state index contributed by atoms with van der Waals surface area (Å²) in [5.74, 6) is 1.41. The summed E-state index contributed by atoms with van der Waals surface area (Å²) in [5, 5.41) is 3.51. The molecule has 2 rings (SSSR count). The van der Waals surface area contributed by atoms with Crippen LogP contribution in [0.1, 0.15) is 33.1 Å². The van der Waals surface area contributed by atoms with Gasteiger partial charge in [0.1, 0.15) is 12.0 Å². The van der Waals surface area contributed by atoms with Gasteiger partial charge in [0, 0.05) is 24.2 Å². The van der Waals surface area contributed by atoms with Crippen LogP contribution in [0.5, 0.6) is 0 Å². The maximum Gasteiger partial charge on any atom is 0.191 e. The molecule has 0 aliphatic carbocycles. The summed E-state index contributed by atoms with van der Waals surface area (Å²) in [5.41, 5.74) is 3.12. The van der Waals surface area contributed by atoms with Crippen LogP contribution in [0.15, 0.2) is 34.9 Å². The van der Waals surface area contributed by atoms with Gasteiger partial charge in [-0.2, -0.15) is 0 Å². The molecule has 1 aromatic carbocycles. The van der Waals surface area contributed by atoms with E-state index in [1.165, 1.54) is 6.42 Å². The molecule has 1 atom stereocenters. The van der Waals surface area contributed by atoms with E-state index in [2.05, 4.69) is 55.3 Å². The first kappa shape index (κ1) is 13.7. The lowest BCUT2D eigenvalue weighted by Gasteiger charge is -2.17. The third-order valence-corrected chi connectivity index (χ3v) is 3.04. The number of nitrogens with zero attached hydrogens (tertiary/aromatic N) is 1. The topological polar surface area (TPSA) is 38.1 Å². The molecular formula is C16H22N2O. The van der Waals surface area contributed by atoms with Gasteiger partial charge in [0.15, 0.2) is 5.89 Å².